The predicted octanol–water partition coefficient (Wildman–Crippen LogP) is -0.242. The van der Waals surface area contributed by atoms with Crippen molar-refractivity contribution in [2.45, 2.75) is 0 Å². The van der Waals surface area contributed by atoms with E-state index in [1.165, 1.54) is 6.20 Å². The largest absolute Gasteiger partial charge is 0.353 e. The normalized spacial score (nSPS) is 16.4. The third kappa shape index (κ3) is 1.80. The number of nitrogens with one attached hydrogen (secondary N) is 1. The Kier molecular flexibility index (Phi) is 2.56. The molecule has 2 rings (SSSR count). The second-order valence-corrected chi connectivity index (χ2v) is 3.11. The van der Waals surface area contributed by atoms with Crippen molar-refractivity contribution in [1.82, 2.24) is 15.3 Å². The highest BCUT2D eigenvalue weighted by Crippen LogP contribution is 2.09. The summed E-state index contributed by atoms with van der Waals surface area (Å²) in [4.78, 5) is 10.3. The summed E-state index contributed by atoms with van der Waals surface area (Å²) >= 11 is 0. The van der Waals surface area contributed by atoms with Gasteiger partial charge in [-0.15, -0.1) is 0 Å². The fourth-order valence-electron chi connectivity index (χ4n) is 1.46. The zero-order chi connectivity index (χ0) is 9.80. The van der Waals surface area contributed by atoms with Gasteiger partial charge >= 0.3 is 0 Å². The van der Waals surface area contributed by atoms with E-state index >= 15 is 0 Å². The van der Waals surface area contributed by atoms with E-state index < -0.39 is 0 Å². The smallest absolute Gasteiger partial charge is 0.161 e. The van der Waals surface area contributed by atoms with Gasteiger partial charge in [-0.1, -0.05) is 0 Å². The van der Waals surface area contributed by atoms with E-state index in [2.05, 4.69) is 20.2 Å². The summed E-state index contributed by atoms with van der Waals surface area (Å²) in [6, 6.07) is 1.99. The number of hydrogen-bond acceptors (Lipinski definition) is 5. The monoisotopic (exact) mass is 189 g/mol. The number of nitriles is 1. The van der Waals surface area contributed by atoms with E-state index in [0.29, 0.717) is 5.69 Å². The molecular formula is C9H11N5. The lowest BCUT2D eigenvalue weighted by Gasteiger charge is -2.27. The molecule has 0 radical (unpaired) electrons. The molecule has 0 atom stereocenters. The van der Waals surface area contributed by atoms with Crippen LogP contribution >= 0.6 is 0 Å². The molecular weight excluding hydrogens is 178 g/mol. The number of anilines is 1. The van der Waals surface area contributed by atoms with Crippen molar-refractivity contribution in [3.63, 3.8) is 0 Å². The minimum atomic E-state index is 0.376. The molecule has 1 aromatic heterocycles. The molecule has 1 saturated heterocycles. The molecule has 0 aromatic carbocycles. The lowest BCUT2D eigenvalue weighted by molar-refractivity contribution is 0.584. The second-order valence-electron chi connectivity index (χ2n) is 3.11. The predicted molar refractivity (Wildman–Crippen MR) is 51.8 cm³/mol. The highest BCUT2D eigenvalue weighted by atomic mass is 15.2. The Balaban J connectivity index is 2.18. The Labute approximate surface area is 82.4 Å². The maximum absolute atomic E-state index is 8.68. The molecule has 1 aliphatic heterocycles. The van der Waals surface area contributed by atoms with E-state index in [4.69, 9.17) is 5.26 Å². The summed E-state index contributed by atoms with van der Waals surface area (Å²) < 4.78 is 0. The molecule has 0 spiro atoms. The van der Waals surface area contributed by atoms with E-state index in [9.17, 15) is 0 Å². The van der Waals surface area contributed by atoms with Crippen molar-refractivity contribution < 1.29 is 0 Å². The van der Waals surface area contributed by atoms with Gasteiger partial charge in [-0.25, -0.2) is 4.98 Å². The van der Waals surface area contributed by atoms with E-state index in [0.717, 1.165) is 32.0 Å². The summed E-state index contributed by atoms with van der Waals surface area (Å²) in [5.74, 6) is 0.797. The van der Waals surface area contributed by atoms with Crippen molar-refractivity contribution in [1.29, 1.82) is 5.26 Å². The molecule has 0 unspecified atom stereocenters. The molecule has 1 aromatic rings. The van der Waals surface area contributed by atoms with Crippen molar-refractivity contribution >= 4 is 5.82 Å². The van der Waals surface area contributed by atoms with Crippen LogP contribution in [0.15, 0.2) is 12.4 Å². The number of aromatic nitrogens is 2. The molecule has 14 heavy (non-hydrogen) atoms. The van der Waals surface area contributed by atoms with Crippen LogP contribution in [0.5, 0.6) is 0 Å². The van der Waals surface area contributed by atoms with E-state index in [1.807, 2.05) is 6.07 Å². The highest BCUT2D eigenvalue weighted by molar-refractivity contribution is 5.38. The van der Waals surface area contributed by atoms with Crippen molar-refractivity contribution in [2.75, 3.05) is 31.1 Å². The molecule has 1 aliphatic rings. The van der Waals surface area contributed by atoms with Crippen LogP contribution in [0.2, 0.25) is 0 Å². The van der Waals surface area contributed by atoms with Gasteiger partial charge in [0, 0.05) is 26.2 Å². The van der Waals surface area contributed by atoms with Gasteiger partial charge in [0.15, 0.2) is 5.69 Å². The quantitative estimate of drug-likeness (QED) is 0.660. The van der Waals surface area contributed by atoms with Gasteiger partial charge in [-0.2, -0.15) is 5.26 Å². The Morgan fingerprint density at radius 2 is 2.14 bits per heavy atom. The topological polar surface area (TPSA) is 64.8 Å². The van der Waals surface area contributed by atoms with Gasteiger partial charge in [0.25, 0.3) is 0 Å². The molecule has 1 N–H and O–H groups in total. The molecule has 0 amide bonds. The zero-order valence-corrected chi connectivity index (χ0v) is 7.77. The van der Waals surface area contributed by atoms with Crippen molar-refractivity contribution in [2.24, 2.45) is 0 Å². The van der Waals surface area contributed by atoms with Gasteiger partial charge in [-0.05, 0) is 0 Å². The van der Waals surface area contributed by atoms with Crippen LogP contribution in [-0.2, 0) is 0 Å². The van der Waals surface area contributed by atoms with Gasteiger partial charge in [0.1, 0.15) is 11.9 Å². The summed E-state index contributed by atoms with van der Waals surface area (Å²) in [6.45, 7) is 3.75. The van der Waals surface area contributed by atoms with Gasteiger partial charge in [0.2, 0.25) is 0 Å². The third-order valence-electron chi connectivity index (χ3n) is 2.18. The summed E-state index contributed by atoms with van der Waals surface area (Å²) in [5.41, 5.74) is 0.376. The maximum atomic E-state index is 8.68. The van der Waals surface area contributed by atoms with Crippen LogP contribution in [0.4, 0.5) is 5.82 Å². The third-order valence-corrected chi connectivity index (χ3v) is 2.18. The first kappa shape index (κ1) is 8.91. The first-order valence-corrected chi connectivity index (χ1v) is 4.58. The molecule has 2 heterocycles. The Morgan fingerprint density at radius 1 is 1.36 bits per heavy atom. The summed E-state index contributed by atoms with van der Waals surface area (Å²) in [6.07, 6.45) is 3.18. The number of piperazine rings is 1. The fourth-order valence-corrected chi connectivity index (χ4v) is 1.46. The Hall–Kier alpha value is -1.67. The minimum absolute atomic E-state index is 0.376. The van der Waals surface area contributed by atoms with Crippen LogP contribution in [0, 0.1) is 11.3 Å². The first-order chi connectivity index (χ1) is 6.90. The molecule has 5 nitrogen and oxygen atoms in total. The van der Waals surface area contributed by atoms with Crippen molar-refractivity contribution in [3.05, 3.63) is 18.1 Å². The highest BCUT2D eigenvalue weighted by Gasteiger charge is 2.11. The van der Waals surface area contributed by atoms with Crippen LogP contribution in [0.1, 0.15) is 5.69 Å². The summed E-state index contributed by atoms with van der Waals surface area (Å²) in [5, 5.41) is 11.9. The van der Waals surface area contributed by atoms with Crippen LogP contribution in [-0.4, -0.2) is 36.1 Å². The number of nitrogens with zero attached hydrogens (tertiary/aromatic N) is 4. The van der Waals surface area contributed by atoms with E-state index in [-0.39, 0.29) is 0 Å². The molecule has 5 heteroatoms. The molecule has 0 bridgehead atoms. The van der Waals surface area contributed by atoms with Gasteiger partial charge in [-0.3, -0.25) is 4.98 Å². The first-order valence-electron chi connectivity index (χ1n) is 4.58. The zero-order valence-electron chi connectivity index (χ0n) is 7.77. The molecule has 0 saturated carbocycles. The second kappa shape index (κ2) is 4.03. The van der Waals surface area contributed by atoms with Gasteiger partial charge < -0.3 is 10.2 Å². The van der Waals surface area contributed by atoms with Crippen molar-refractivity contribution in [3.8, 4) is 6.07 Å². The Bertz CT molecular complexity index is 350. The molecule has 0 aliphatic carbocycles. The average Bonchev–Trinajstić information content (AvgIpc) is 2.30. The SMILES string of the molecule is N#Cc1cncc(N2CCNCC2)n1. The summed E-state index contributed by atoms with van der Waals surface area (Å²) in [7, 11) is 0. The van der Waals surface area contributed by atoms with Gasteiger partial charge in [0.05, 0.1) is 12.4 Å². The standard InChI is InChI=1S/C9H11N5/c10-5-8-6-12-7-9(13-8)14-3-1-11-2-4-14/h6-7,11H,1-4H2. The fraction of sp³-hybridized carbons (Fsp3) is 0.444. The maximum Gasteiger partial charge on any atom is 0.161 e. The number of rotatable bonds is 1. The Morgan fingerprint density at radius 3 is 2.86 bits per heavy atom. The minimum Gasteiger partial charge on any atom is -0.353 e. The lowest BCUT2D eigenvalue weighted by atomic mass is 10.3. The lowest BCUT2D eigenvalue weighted by Crippen LogP contribution is -2.44. The number of hydrogen-bond donors (Lipinski definition) is 1. The van der Waals surface area contributed by atoms with E-state index in [1.54, 1.807) is 6.20 Å². The molecule has 72 valence electrons. The average molecular weight is 189 g/mol. The van der Waals surface area contributed by atoms with Crippen LogP contribution < -0.4 is 10.2 Å². The molecule has 1 fully saturated rings. The van der Waals surface area contributed by atoms with Crippen LogP contribution in [0.25, 0.3) is 0 Å². The van der Waals surface area contributed by atoms with Crippen LogP contribution in [0.3, 0.4) is 0 Å².